The van der Waals surface area contributed by atoms with Gasteiger partial charge in [-0.1, -0.05) is 34.1 Å². The topological polar surface area (TPSA) is 105 Å². The molecule has 3 heterocycles. The summed E-state index contributed by atoms with van der Waals surface area (Å²) in [5.74, 6) is 0.505. The second-order valence-electron chi connectivity index (χ2n) is 7.31. The lowest BCUT2D eigenvalue weighted by molar-refractivity contribution is -0.137. The molecule has 0 aliphatic rings. The van der Waals surface area contributed by atoms with E-state index in [1.807, 2.05) is 0 Å². The Balaban J connectivity index is 1.39. The molecule has 0 aliphatic heterocycles. The third kappa shape index (κ3) is 4.27. The van der Waals surface area contributed by atoms with Crippen molar-refractivity contribution in [2.45, 2.75) is 19.3 Å². The second kappa shape index (κ2) is 8.37. The fourth-order valence-corrected chi connectivity index (χ4v) is 3.43. The van der Waals surface area contributed by atoms with Crippen LogP contribution in [0.15, 0.2) is 64.2 Å². The first-order chi connectivity index (χ1) is 16.3. The van der Waals surface area contributed by atoms with Gasteiger partial charge < -0.3 is 4.52 Å². The highest BCUT2D eigenvalue weighted by Crippen LogP contribution is 2.29. The molecule has 0 saturated carbocycles. The number of rotatable bonds is 5. The molecule has 0 radical (unpaired) electrons. The summed E-state index contributed by atoms with van der Waals surface area (Å²) in [6.07, 6.45) is -3.20. The van der Waals surface area contributed by atoms with Gasteiger partial charge in [-0.25, -0.2) is 9.67 Å². The molecule has 0 saturated heterocycles. The van der Waals surface area contributed by atoms with Crippen LogP contribution in [0.25, 0.3) is 22.6 Å². The SMILES string of the molecule is O=c1c2nnn(Cc3cccc(C(F)(F)F)c3)c2ncn1Cc1nc(-c2ccc(Cl)cc2)no1. The molecule has 0 atom stereocenters. The van der Waals surface area contributed by atoms with Crippen molar-refractivity contribution in [2.24, 2.45) is 0 Å². The van der Waals surface area contributed by atoms with Crippen molar-refractivity contribution in [3.05, 3.63) is 87.3 Å². The van der Waals surface area contributed by atoms with Crippen LogP contribution in [-0.4, -0.2) is 34.7 Å². The number of hydrogen-bond donors (Lipinski definition) is 0. The number of benzene rings is 2. The van der Waals surface area contributed by atoms with Crippen LogP contribution in [-0.2, 0) is 19.3 Å². The van der Waals surface area contributed by atoms with E-state index in [1.165, 1.54) is 27.7 Å². The molecular weight excluding hydrogens is 475 g/mol. The van der Waals surface area contributed by atoms with Gasteiger partial charge in [-0.05, 0) is 42.0 Å². The van der Waals surface area contributed by atoms with Crippen molar-refractivity contribution in [3.8, 4) is 11.4 Å². The quantitative estimate of drug-likeness (QED) is 0.371. The first-order valence-electron chi connectivity index (χ1n) is 9.81. The summed E-state index contributed by atoms with van der Waals surface area (Å²) in [7, 11) is 0. The van der Waals surface area contributed by atoms with Gasteiger partial charge in [0.2, 0.25) is 11.7 Å². The number of fused-ring (bicyclic) bond motifs is 1. The number of nitrogens with zero attached hydrogens (tertiary/aromatic N) is 7. The minimum Gasteiger partial charge on any atom is -0.337 e. The summed E-state index contributed by atoms with van der Waals surface area (Å²) in [4.78, 5) is 21.3. The molecule has 0 unspecified atom stereocenters. The third-order valence-corrected chi connectivity index (χ3v) is 5.21. The summed E-state index contributed by atoms with van der Waals surface area (Å²) in [6, 6.07) is 11.7. The van der Waals surface area contributed by atoms with Gasteiger partial charge in [0.25, 0.3) is 5.56 Å². The minimum atomic E-state index is -4.46. The van der Waals surface area contributed by atoms with Gasteiger partial charge in [-0.2, -0.15) is 18.2 Å². The Kier molecular flexibility index (Phi) is 5.36. The van der Waals surface area contributed by atoms with Gasteiger partial charge in [0.05, 0.1) is 12.1 Å². The molecular formula is C21H13ClF3N7O2. The van der Waals surface area contributed by atoms with Crippen molar-refractivity contribution in [3.63, 3.8) is 0 Å². The summed E-state index contributed by atoms with van der Waals surface area (Å²) in [5.41, 5.74) is -0.141. The average Bonchev–Trinajstić information content (AvgIpc) is 3.44. The molecule has 0 N–H and O–H groups in total. The van der Waals surface area contributed by atoms with Crippen LogP contribution in [0.2, 0.25) is 5.02 Å². The van der Waals surface area contributed by atoms with Crippen molar-refractivity contribution in [2.75, 3.05) is 0 Å². The maximum Gasteiger partial charge on any atom is 0.416 e. The van der Waals surface area contributed by atoms with E-state index in [-0.39, 0.29) is 30.1 Å². The van der Waals surface area contributed by atoms with E-state index in [1.54, 1.807) is 24.3 Å². The van der Waals surface area contributed by atoms with Crippen LogP contribution in [0.4, 0.5) is 13.2 Å². The molecule has 34 heavy (non-hydrogen) atoms. The van der Waals surface area contributed by atoms with E-state index in [0.717, 1.165) is 12.1 Å². The van der Waals surface area contributed by atoms with Crippen LogP contribution in [0.5, 0.6) is 0 Å². The highest BCUT2D eigenvalue weighted by atomic mass is 35.5. The van der Waals surface area contributed by atoms with Gasteiger partial charge in [-0.3, -0.25) is 9.36 Å². The van der Waals surface area contributed by atoms with Crippen molar-refractivity contribution in [1.82, 2.24) is 34.7 Å². The predicted molar refractivity (Wildman–Crippen MR) is 114 cm³/mol. The summed E-state index contributed by atoms with van der Waals surface area (Å²) in [5, 5.41) is 12.2. The summed E-state index contributed by atoms with van der Waals surface area (Å²) >= 11 is 5.88. The lowest BCUT2D eigenvalue weighted by Crippen LogP contribution is -2.21. The average molecular weight is 488 g/mol. The molecule has 13 heteroatoms. The molecule has 0 bridgehead atoms. The number of alkyl halides is 3. The molecule has 0 aliphatic carbocycles. The van der Waals surface area contributed by atoms with Crippen LogP contribution < -0.4 is 5.56 Å². The van der Waals surface area contributed by atoms with Gasteiger partial charge >= 0.3 is 6.18 Å². The normalized spacial score (nSPS) is 11.9. The first-order valence-corrected chi connectivity index (χ1v) is 10.2. The Morgan fingerprint density at radius 2 is 1.85 bits per heavy atom. The Morgan fingerprint density at radius 1 is 1.06 bits per heavy atom. The van der Waals surface area contributed by atoms with E-state index >= 15 is 0 Å². The van der Waals surface area contributed by atoms with E-state index in [9.17, 15) is 18.0 Å². The maximum absolute atomic E-state index is 13.0. The lowest BCUT2D eigenvalue weighted by atomic mass is 10.1. The minimum absolute atomic E-state index is 0.0353. The number of halogens is 4. The molecule has 5 rings (SSSR count). The maximum atomic E-state index is 13.0. The van der Waals surface area contributed by atoms with Gasteiger partial charge in [-0.15, -0.1) is 5.10 Å². The number of aromatic nitrogens is 7. The molecule has 172 valence electrons. The van der Waals surface area contributed by atoms with Crippen LogP contribution in [0.1, 0.15) is 17.0 Å². The summed E-state index contributed by atoms with van der Waals surface area (Å²) < 4.78 is 46.6. The summed E-state index contributed by atoms with van der Waals surface area (Å²) in [6.45, 7) is -0.0894. The predicted octanol–water partition coefficient (Wildman–Crippen LogP) is 3.81. The first kappa shape index (κ1) is 21.8. The van der Waals surface area contributed by atoms with E-state index in [0.29, 0.717) is 22.0 Å². The Hall–Kier alpha value is -4.06. The highest BCUT2D eigenvalue weighted by Gasteiger charge is 2.30. The van der Waals surface area contributed by atoms with Crippen molar-refractivity contribution in [1.29, 1.82) is 0 Å². The monoisotopic (exact) mass is 487 g/mol. The Bertz CT molecular complexity index is 1540. The van der Waals surface area contributed by atoms with Gasteiger partial charge in [0, 0.05) is 10.6 Å². The zero-order valence-electron chi connectivity index (χ0n) is 17.1. The van der Waals surface area contributed by atoms with E-state index in [2.05, 4.69) is 25.4 Å². The molecule has 9 nitrogen and oxygen atoms in total. The smallest absolute Gasteiger partial charge is 0.337 e. The molecule has 3 aromatic heterocycles. The van der Waals surface area contributed by atoms with Crippen molar-refractivity contribution >= 4 is 22.8 Å². The third-order valence-electron chi connectivity index (χ3n) is 4.95. The van der Waals surface area contributed by atoms with E-state index < -0.39 is 17.3 Å². The second-order valence-corrected chi connectivity index (χ2v) is 7.75. The fourth-order valence-electron chi connectivity index (χ4n) is 3.31. The molecule has 0 amide bonds. The van der Waals surface area contributed by atoms with Crippen LogP contribution in [0, 0.1) is 0 Å². The lowest BCUT2D eigenvalue weighted by Gasteiger charge is -2.08. The fraction of sp³-hybridized carbons (Fsp3) is 0.143. The zero-order chi connectivity index (χ0) is 23.9. The van der Waals surface area contributed by atoms with Crippen molar-refractivity contribution < 1.29 is 17.7 Å². The zero-order valence-corrected chi connectivity index (χ0v) is 17.8. The molecule has 5 aromatic rings. The van der Waals surface area contributed by atoms with Crippen LogP contribution in [0.3, 0.4) is 0 Å². The molecule has 0 spiro atoms. The standard InChI is InChI=1S/C21H13ClF3N7O2/c22-15-6-4-13(5-7-15)18-27-16(34-29-18)10-31-11-26-19-17(20(31)33)28-30-32(19)9-12-2-1-3-14(8-12)21(23,24)25/h1-8,11H,9-10H2. The van der Waals surface area contributed by atoms with Gasteiger partial charge in [0.15, 0.2) is 11.2 Å². The number of hydrogen-bond acceptors (Lipinski definition) is 7. The largest absolute Gasteiger partial charge is 0.416 e. The highest BCUT2D eigenvalue weighted by molar-refractivity contribution is 6.30. The van der Waals surface area contributed by atoms with E-state index in [4.69, 9.17) is 16.1 Å². The Labute approximate surface area is 193 Å². The molecule has 0 fully saturated rings. The Morgan fingerprint density at radius 3 is 2.62 bits per heavy atom. The van der Waals surface area contributed by atoms with Crippen LogP contribution >= 0.6 is 11.6 Å². The molecule has 2 aromatic carbocycles. The van der Waals surface area contributed by atoms with Gasteiger partial charge in [0.1, 0.15) is 12.9 Å².